The Morgan fingerprint density at radius 1 is 0.643 bits per heavy atom. The molecule has 0 aliphatic carbocycles. The molecule has 0 unspecified atom stereocenters. The molecule has 0 radical (unpaired) electrons. The van der Waals surface area contributed by atoms with Gasteiger partial charge in [-0.3, -0.25) is 0 Å². The average Bonchev–Trinajstić information content (AvgIpc) is 3.19. The third-order valence-corrected chi connectivity index (χ3v) is 8.95. The Hall–Kier alpha value is -0.250. The molecule has 3 heteroatoms. The van der Waals surface area contributed by atoms with Gasteiger partial charge in [0.1, 0.15) is 0 Å². The predicted octanol–water partition coefficient (Wildman–Crippen LogP) is 10.2. The van der Waals surface area contributed by atoms with Crippen molar-refractivity contribution in [1.82, 2.24) is 0 Å². The zero-order valence-electron chi connectivity index (χ0n) is 18.6. The summed E-state index contributed by atoms with van der Waals surface area (Å²) in [5, 5.41) is 0. The van der Waals surface area contributed by atoms with Crippen LogP contribution in [0.2, 0.25) is 0 Å². The van der Waals surface area contributed by atoms with E-state index in [0.29, 0.717) is 0 Å². The molecule has 158 valence electrons. The van der Waals surface area contributed by atoms with E-state index in [2.05, 4.69) is 51.6 Å². The van der Waals surface area contributed by atoms with Crippen LogP contribution in [0.15, 0.2) is 17.0 Å². The Balaban J connectivity index is 1.57. The van der Waals surface area contributed by atoms with Gasteiger partial charge in [0.05, 0.1) is 4.88 Å². The van der Waals surface area contributed by atoms with Crippen LogP contribution < -0.4 is 0 Å². The molecule has 0 N–H and O–H groups in total. The van der Waals surface area contributed by atoms with E-state index in [0.717, 1.165) is 0 Å². The third kappa shape index (κ3) is 8.63. The maximum Gasteiger partial charge on any atom is 0.0583 e. The van der Waals surface area contributed by atoms with Crippen molar-refractivity contribution in [2.24, 2.45) is 0 Å². The summed E-state index contributed by atoms with van der Waals surface area (Å²) in [4.78, 5) is 7.38. The number of thiophene rings is 2. The monoisotopic (exact) mass is 436 g/mol. The van der Waals surface area contributed by atoms with Crippen LogP contribution in [-0.2, 0) is 0 Å². The molecule has 2 rings (SSSR count). The quantitative estimate of drug-likeness (QED) is 0.197. The lowest BCUT2D eigenvalue weighted by Gasteiger charge is -2.04. The van der Waals surface area contributed by atoms with Crippen LogP contribution in [0.4, 0.5) is 0 Å². The van der Waals surface area contributed by atoms with Crippen LogP contribution in [-0.4, -0.2) is 5.75 Å². The summed E-state index contributed by atoms with van der Waals surface area (Å²) in [5.41, 5.74) is 1.44. The van der Waals surface area contributed by atoms with Gasteiger partial charge in [-0.15, -0.1) is 34.4 Å². The molecule has 0 bridgehead atoms. The van der Waals surface area contributed by atoms with Crippen LogP contribution in [0.1, 0.15) is 99.3 Å². The molecule has 2 aromatic heterocycles. The molecule has 0 aromatic carbocycles. The Labute approximate surface area is 186 Å². The zero-order chi connectivity index (χ0) is 20.2. The van der Waals surface area contributed by atoms with Gasteiger partial charge in [0.15, 0.2) is 0 Å². The molecule has 0 aliphatic rings. The number of thioether (sulfide) groups is 1. The second-order valence-corrected chi connectivity index (χ2v) is 11.8. The first-order valence-corrected chi connectivity index (χ1v) is 14.0. The van der Waals surface area contributed by atoms with E-state index < -0.39 is 0 Å². The highest BCUT2D eigenvalue weighted by atomic mass is 32.2. The third-order valence-electron chi connectivity index (χ3n) is 5.32. The molecule has 2 aromatic rings. The molecular formula is C25H40S3. The fourth-order valence-corrected chi connectivity index (χ4v) is 7.39. The Kier molecular flexibility index (Phi) is 11.9. The number of hydrogen-bond acceptors (Lipinski definition) is 3. The van der Waals surface area contributed by atoms with Crippen molar-refractivity contribution in [2.75, 3.05) is 5.75 Å². The number of aryl methyl sites for hydroxylation is 3. The topological polar surface area (TPSA) is 0 Å². The molecule has 0 atom stereocenters. The molecule has 0 fully saturated rings. The van der Waals surface area contributed by atoms with Crippen molar-refractivity contribution in [2.45, 2.75) is 110 Å². The van der Waals surface area contributed by atoms with Gasteiger partial charge in [-0.25, -0.2) is 0 Å². The van der Waals surface area contributed by atoms with Crippen molar-refractivity contribution in [3.63, 3.8) is 0 Å². The van der Waals surface area contributed by atoms with E-state index in [1.807, 2.05) is 22.7 Å². The largest absolute Gasteiger partial charge is 0.139 e. The van der Waals surface area contributed by atoms with E-state index in [1.165, 1.54) is 113 Å². The normalized spacial score (nSPS) is 11.4. The molecule has 0 nitrogen and oxygen atoms in total. The van der Waals surface area contributed by atoms with Crippen LogP contribution in [0.25, 0.3) is 9.75 Å². The Morgan fingerprint density at radius 2 is 1.14 bits per heavy atom. The van der Waals surface area contributed by atoms with E-state index in [1.54, 1.807) is 0 Å². The fourth-order valence-electron chi connectivity index (χ4n) is 3.75. The number of rotatable bonds is 15. The molecule has 0 amide bonds. The van der Waals surface area contributed by atoms with E-state index in [9.17, 15) is 0 Å². The lowest BCUT2D eigenvalue weighted by molar-refractivity contribution is 0.548. The van der Waals surface area contributed by atoms with Crippen molar-refractivity contribution in [1.29, 1.82) is 0 Å². The smallest absolute Gasteiger partial charge is 0.0583 e. The summed E-state index contributed by atoms with van der Waals surface area (Å²) in [6.45, 7) is 9.02. The van der Waals surface area contributed by atoms with Gasteiger partial charge in [-0.05, 0) is 50.6 Å². The minimum absolute atomic E-state index is 1.27. The van der Waals surface area contributed by atoms with Gasteiger partial charge in [0.25, 0.3) is 0 Å². The maximum atomic E-state index is 2.40. The van der Waals surface area contributed by atoms with Crippen LogP contribution >= 0.6 is 34.4 Å². The molecule has 0 aliphatic heterocycles. The van der Waals surface area contributed by atoms with Crippen molar-refractivity contribution >= 4 is 34.4 Å². The average molecular weight is 437 g/mol. The molecular weight excluding hydrogens is 396 g/mol. The highest BCUT2D eigenvalue weighted by molar-refractivity contribution is 7.99. The lowest BCUT2D eigenvalue weighted by atomic mass is 10.1. The Morgan fingerprint density at radius 3 is 1.68 bits per heavy atom. The summed E-state index contributed by atoms with van der Waals surface area (Å²) in [6.07, 6.45) is 17.1. The van der Waals surface area contributed by atoms with E-state index in [-0.39, 0.29) is 0 Å². The van der Waals surface area contributed by atoms with Crippen molar-refractivity contribution in [3.05, 3.63) is 27.5 Å². The standard InChI is InChI=1S/C25H40S3/c1-5-6-7-8-9-10-11-12-13-14-15-16-17-26-23-19-22(4)28-25(23)24-20(2)18-21(3)27-24/h18-19H,5-17H2,1-4H3. The minimum atomic E-state index is 1.27. The minimum Gasteiger partial charge on any atom is -0.139 e. The van der Waals surface area contributed by atoms with Crippen molar-refractivity contribution < 1.29 is 0 Å². The highest BCUT2D eigenvalue weighted by Gasteiger charge is 2.14. The maximum absolute atomic E-state index is 2.40. The predicted molar refractivity (Wildman–Crippen MR) is 134 cm³/mol. The van der Waals surface area contributed by atoms with Crippen LogP contribution in [0, 0.1) is 20.8 Å². The van der Waals surface area contributed by atoms with Gasteiger partial charge >= 0.3 is 0 Å². The van der Waals surface area contributed by atoms with Crippen LogP contribution in [0.3, 0.4) is 0 Å². The first-order valence-electron chi connectivity index (χ1n) is 11.4. The Bertz CT molecular complexity index is 665. The molecule has 0 saturated heterocycles. The van der Waals surface area contributed by atoms with Gasteiger partial charge in [0.2, 0.25) is 0 Å². The van der Waals surface area contributed by atoms with Gasteiger partial charge < -0.3 is 0 Å². The lowest BCUT2D eigenvalue weighted by Crippen LogP contribution is -1.84. The first-order chi connectivity index (χ1) is 13.6. The zero-order valence-corrected chi connectivity index (χ0v) is 21.0. The summed E-state index contributed by atoms with van der Waals surface area (Å²) >= 11 is 6.00. The first kappa shape index (κ1) is 24.0. The molecule has 0 spiro atoms. The van der Waals surface area contributed by atoms with Crippen molar-refractivity contribution in [3.8, 4) is 9.75 Å². The number of hydrogen-bond donors (Lipinski definition) is 0. The molecule has 2 heterocycles. The summed E-state index contributed by atoms with van der Waals surface area (Å²) < 4.78 is 0. The molecule has 28 heavy (non-hydrogen) atoms. The fraction of sp³-hybridized carbons (Fsp3) is 0.680. The van der Waals surface area contributed by atoms with Gasteiger partial charge in [0, 0.05) is 19.5 Å². The highest BCUT2D eigenvalue weighted by Crippen LogP contribution is 2.43. The van der Waals surface area contributed by atoms with Gasteiger partial charge in [-0.2, -0.15) is 0 Å². The summed E-state index contributed by atoms with van der Waals surface area (Å²) in [5.74, 6) is 1.27. The van der Waals surface area contributed by atoms with Crippen LogP contribution in [0.5, 0.6) is 0 Å². The van der Waals surface area contributed by atoms with E-state index in [4.69, 9.17) is 0 Å². The SMILES string of the molecule is CCCCCCCCCCCCCCSc1cc(C)sc1-c1sc(C)cc1C. The number of unbranched alkanes of at least 4 members (excludes halogenated alkanes) is 11. The summed E-state index contributed by atoms with van der Waals surface area (Å²) in [6, 6.07) is 4.73. The van der Waals surface area contributed by atoms with Gasteiger partial charge in [-0.1, -0.05) is 77.6 Å². The molecule has 0 saturated carbocycles. The summed E-state index contributed by atoms with van der Waals surface area (Å²) in [7, 11) is 0. The second-order valence-electron chi connectivity index (χ2n) is 8.16. The second kappa shape index (κ2) is 13.9. The van der Waals surface area contributed by atoms with E-state index >= 15 is 0 Å².